The topological polar surface area (TPSA) is 60.7 Å². The van der Waals surface area contributed by atoms with Crippen molar-refractivity contribution in [1.29, 1.82) is 0 Å². The lowest BCUT2D eigenvalue weighted by atomic mass is 9.99. The zero-order chi connectivity index (χ0) is 11.7. The van der Waals surface area contributed by atoms with Crippen LogP contribution in [0.3, 0.4) is 0 Å². The predicted octanol–water partition coefficient (Wildman–Crippen LogP) is 2.78. The summed E-state index contributed by atoms with van der Waals surface area (Å²) < 4.78 is 0. The Bertz CT molecular complexity index is 533. The van der Waals surface area contributed by atoms with E-state index in [2.05, 4.69) is 0 Å². The number of hydrogen-bond acceptors (Lipinski definition) is 3. The molecule has 0 atom stereocenters. The molecule has 0 aliphatic heterocycles. The monoisotopic (exact) mass is 216 g/mol. The maximum atomic E-state index is 9.71. The van der Waals surface area contributed by atoms with Crippen molar-refractivity contribution in [2.75, 3.05) is 0 Å². The summed E-state index contributed by atoms with van der Waals surface area (Å²) in [6.45, 7) is 1.73. The van der Waals surface area contributed by atoms with Crippen LogP contribution < -0.4 is 0 Å². The van der Waals surface area contributed by atoms with Crippen LogP contribution in [0.1, 0.15) is 5.56 Å². The van der Waals surface area contributed by atoms with Gasteiger partial charge >= 0.3 is 0 Å². The van der Waals surface area contributed by atoms with Gasteiger partial charge in [-0.05, 0) is 30.2 Å². The molecule has 2 aromatic carbocycles. The average Bonchev–Trinajstić information content (AvgIpc) is 2.24. The summed E-state index contributed by atoms with van der Waals surface area (Å²) in [6, 6.07) is 9.60. The average molecular weight is 216 g/mol. The van der Waals surface area contributed by atoms with E-state index in [0.29, 0.717) is 16.7 Å². The maximum absolute atomic E-state index is 9.71. The van der Waals surface area contributed by atoms with Gasteiger partial charge in [0.05, 0.1) is 0 Å². The minimum atomic E-state index is -0.0265. The van der Waals surface area contributed by atoms with Gasteiger partial charge in [0.2, 0.25) is 0 Å². The standard InChI is InChI=1S/C13H12O3/c1-8-11(6-9(14)7-13(8)16)10-4-2-3-5-12(10)15/h2-7,14-16H,1H3. The van der Waals surface area contributed by atoms with Crippen molar-refractivity contribution in [1.82, 2.24) is 0 Å². The molecule has 0 radical (unpaired) electrons. The van der Waals surface area contributed by atoms with E-state index in [1.165, 1.54) is 12.1 Å². The Labute approximate surface area is 93.2 Å². The summed E-state index contributed by atoms with van der Waals surface area (Å²) in [7, 11) is 0. The molecular formula is C13H12O3. The summed E-state index contributed by atoms with van der Waals surface area (Å²) in [4.78, 5) is 0. The van der Waals surface area contributed by atoms with Crippen LogP contribution in [0.4, 0.5) is 0 Å². The number of para-hydroxylation sites is 1. The fourth-order valence-electron chi connectivity index (χ4n) is 1.67. The molecule has 0 fully saturated rings. The van der Waals surface area contributed by atoms with E-state index in [9.17, 15) is 15.3 Å². The van der Waals surface area contributed by atoms with Gasteiger partial charge in [-0.2, -0.15) is 0 Å². The second-order valence-corrected chi connectivity index (χ2v) is 3.65. The Morgan fingerprint density at radius 3 is 2.19 bits per heavy atom. The van der Waals surface area contributed by atoms with Crippen LogP contribution in [0.5, 0.6) is 17.2 Å². The van der Waals surface area contributed by atoms with Gasteiger partial charge in [-0.1, -0.05) is 18.2 Å². The fourth-order valence-corrected chi connectivity index (χ4v) is 1.67. The highest BCUT2D eigenvalue weighted by molar-refractivity contribution is 5.76. The molecule has 82 valence electrons. The number of rotatable bonds is 1. The van der Waals surface area contributed by atoms with Gasteiger partial charge < -0.3 is 15.3 Å². The van der Waals surface area contributed by atoms with Crippen LogP contribution in [0, 0.1) is 6.92 Å². The van der Waals surface area contributed by atoms with E-state index in [1.807, 2.05) is 0 Å². The molecule has 3 nitrogen and oxygen atoms in total. The molecule has 2 aromatic rings. The van der Waals surface area contributed by atoms with Crippen molar-refractivity contribution >= 4 is 0 Å². The molecule has 0 aliphatic carbocycles. The van der Waals surface area contributed by atoms with E-state index >= 15 is 0 Å². The van der Waals surface area contributed by atoms with Crippen molar-refractivity contribution in [2.45, 2.75) is 6.92 Å². The van der Waals surface area contributed by atoms with Crippen LogP contribution in [0.25, 0.3) is 11.1 Å². The molecule has 0 unspecified atom stereocenters. The molecule has 0 spiro atoms. The molecule has 0 heterocycles. The second-order valence-electron chi connectivity index (χ2n) is 3.65. The van der Waals surface area contributed by atoms with Crippen molar-refractivity contribution in [3.8, 4) is 28.4 Å². The van der Waals surface area contributed by atoms with Crippen LogP contribution in [-0.4, -0.2) is 15.3 Å². The van der Waals surface area contributed by atoms with Gasteiger partial charge in [-0.3, -0.25) is 0 Å². The second kappa shape index (κ2) is 3.77. The SMILES string of the molecule is Cc1c(O)cc(O)cc1-c1ccccc1O. The lowest BCUT2D eigenvalue weighted by Crippen LogP contribution is -1.85. The van der Waals surface area contributed by atoms with Crippen molar-refractivity contribution < 1.29 is 15.3 Å². The molecule has 0 bridgehead atoms. The van der Waals surface area contributed by atoms with Crippen LogP contribution in [0.2, 0.25) is 0 Å². The Hall–Kier alpha value is -2.16. The summed E-state index contributed by atoms with van der Waals surface area (Å²) in [5.74, 6) is 0.107. The van der Waals surface area contributed by atoms with Crippen molar-refractivity contribution in [3.63, 3.8) is 0 Å². The molecule has 2 rings (SSSR count). The lowest BCUT2D eigenvalue weighted by molar-refractivity contribution is 0.448. The highest BCUT2D eigenvalue weighted by Gasteiger charge is 2.10. The minimum absolute atomic E-state index is 0.0123. The number of hydrogen-bond donors (Lipinski definition) is 3. The van der Waals surface area contributed by atoms with Crippen LogP contribution in [-0.2, 0) is 0 Å². The number of phenols is 3. The van der Waals surface area contributed by atoms with E-state index in [4.69, 9.17) is 0 Å². The van der Waals surface area contributed by atoms with E-state index < -0.39 is 0 Å². The van der Waals surface area contributed by atoms with Gasteiger partial charge in [0, 0.05) is 11.6 Å². The van der Waals surface area contributed by atoms with Crippen LogP contribution >= 0.6 is 0 Å². The quantitative estimate of drug-likeness (QED) is 0.686. The third kappa shape index (κ3) is 1.67. The molecule has 0 saturated carbocycles. The van der Waals surface area contributed by atoms with E-state index in [-0.39, 0.29) is 17.2 Å². The Balaban J connectivity index is 2.69. The first-order chi connectivity index (χ1) is 7.59. The summed E-state index contributed by atoms with van der Waals surface area (Å²) in [6.07, 6.45) is 0. The molecule has 0 aliphatic rings. The zero-order valence-electron chi connectivity index (χ0n) is 8.81. The van der Waals surface area contributed by atoms with Gasteiger partial charge in [0.15, 0.2) is 0 Å². The smallest absolute Gasteiger partial charge is 0.123 e. The first-order valence-corrected chi connectivity index (χ1v) is 4.90. The molecule has 0 saturated heterocycles. The number of aromatic hydroxyl groups is 3. The zero-order valence-corrected chi connectivity index (χ0v) is 8.81. The molecule has 0 amide bonds. The Morgan fingerprint density at radius 2 is 1.50 bits per heavy atom. The summed E-state index contributed by atoms with van der Waals surface area (Å²) in [5.41, 5.74) is 1.83. The highest BCUT2D eigenvalue weighted by Crippen LogP contribution is 2.37. The Kier molecular flexibility index (Phi) is 2.44. The van der Waals surface area contributed by atoms with Gasteiger partial charge in [-0.25, -0.2) is 0 Å². The van der Waals surface area contributed by atoms with Gasteiger partial charge in [-0.15, -0.1) is 0 Å². The van der Waals surface area contributed by atoms with E-state index in [1.54, 1.807) is 31.2 Å². The maximum Gasteiger partial charge on any atom is 0.123 e. The first kappa shape index (κ1) is 10.4. The van der Waals surface area contributed by atoms with E-state index in [0.717, 1.165) is 0 Å². The first-order valence-electron chi connectivity index (χ1n) is 4.90. The normalized spacial score (nSPS) is 10.3. The summed E-state index contributed by atoms with van der Waals surface area (Å²) in [5, 5.41) is 28.7. The fraction of sp³-hybridized carbons (Fsp3) is 0.0769. The third-order valence-corrected chi connectivity index (χ3v) is 2.56. The minimum Gasteiger partial charge on any atom is -0.508 e. The van der Waals surface area contributed by atoms with Crippen LogP contribution in [0.15, 0.2) is 36.4 Å². The third-order valence-electron chi connectivity index (χ3n) is 2.56. The van der Waals surface area contributed by atoms with Gasteiger partial charge in [0.1, 0.15) is 17.2 Å². The predicted molar refractivity (Wildman–Crippen MR) is 61.6 cm³/mol. The molecule has 16 heavy (non-hydrogen) atoms. The molecule has 0 aromatic heterocycles. The molecular weight excluding hydrogens is 204 g/mol. The number of phenolic OH excluding ortho intramolecular Hbond substituents is 3. The number of benzene rings is 2. The molecule has 3 heteroatoms. The van der Waals surface area contributed by atoms with Gasteiger partial charge in [0.25, 0.3) is 0 Å². The Morgan fingerprint density at radius 1 is 0.812 bits per heavy atom. The highest BCUT2D eigenvalue weighted by atomic mass is 16.3. The largest absolute Gasteiger partial charge is 0.508 e. The van der Waals surface area contributed by atoms with Crippen molar-refractivity contribution in [3.05, 3.63) is 42.0 Å². The summed E-state index contributed by atoms with van der Waals surface area (Å²) >= 11 is 0. The molecule has 3 N–H and O–H groups in total. The lowest BCUT2D eigenvalue weighted by Gasteiger charge is -2.10. The van der Waals surface area contributed by atoms with Crippen molar-refractivity contribution in [2.24, 2.45) is 0 Å².